The Kier molecular flexibility index (Phi) is 2.82. The molecule has 2 rings (SSSR count). The Labute approximate surface area is 98.3 Å². The standard InChI is InChI=1S/C12H12N2O3/c1-8-13-5-6-14(8)9-3-4-11(17-2)10(7-9)12(15)16/h3-7H,1-2H3,(H,15,16). The number of aromatic nitrogens is 2. The predicted molar refractivity (Wildman–Crippen MR) is 61.8 cm³/mol. The van der Waals surface area contributed by atoms with Gasteiger partial charge in [0.15, 0.2) is 0 Å². The van der Waals surface area contributed by atoms with E-state index in [4.69, 9.17) is 9.84 Å². The molecular weight excluding hydrogens is 220 g/mol. The van der Waals surface area contributed by atoms with Crippen LogP contribution in [0.15, 0.2) is 30.6 Å². The largest absolute Gasteiger partial charge is 0.496 e. The lowest BCUT2D eigenvalue weighted by molar-refractivity contribution is 0.0693. The van der Waals surface area contributed by atoms with Crippen LogP contribution in [0.25, 0.3) is 5.69 Å². The number of carboxylic acids is 1. The minimum atomic E-state index is -1.01. The zero-order valence-corrected chi connectivity index (χ0v) is 9.54. The van der Waals surface area contributed by atoms with Gasteiger partial charge in [-0.1, -0.05) is 0 Å². The molecule has 0 bridgehead atoms. The van der Waals surface area contributed by atoms with Gasteiger partial charge in [-0.25, -0.2) is 9.78 Å². The summed E-state index contributed by atoms with van der Waals surface area (Å²) in [5.41, 5.74) is 0.885. The molecule has 0 spiro atoms. The Balaban J connectivity index is 2.55. The lowest BCUT2D eigenvalue weighted by Gasteiger charge is -2.09. The second-order valence-corrected chi connectivity index (χ2v) is 3.53. The molecule has 5 heteroatoms. The number of carboxylic acid groups (broad SMARTS) is 1. The summed E-state index contributed by atoms with van der Waals surface area (Å²) in [6.45, 7) is 1.85. The van der Waals surface area contributed by atoms with Crippen molar-refractivity contribution in [3.8, 4) is 11.4 Å². The van der Waals surface area contributed by atoms with E-state index in [2.05, 4.69) is 4.98 Å². The van der Waals surface area contributed by atoms with Gasteiger partial charge in [0.05, 0.1) is 7.11 Å². The molecule has 0 amide bonds. The van der Waals surface area contributed by atoms with Gasteiger partial charge in [-0.2, -0.15) is 0 Å². The summed E-state index contributed by atoms with van der Waals surface area (Å²) in [6, 6.07) is 4.99. The van der Waals surface area contributed by atoms with E-state index in [9.17, 15) is 4.79 Å². The number of aromatic carboxylic acids is 1. The smallest absolute Gasteiger partial charge is 0.339 e. The van der Waals surface area contributed by atoms with Crippen LogP contribution in [0.3, 0.4) is 0 Å². The molecule has 0 aliphatic heterocycles. The molecular formula is C12H12N2O3. The van der Waals surface area contributed by atoms with Gasteiger partial charge in [0.2, 0.25) is 0 Å². The van der Waals surface area contributed by atoms with E-state index >= 15 is 0 Å². The van der Waals surface area contributed by atoms with Crippen LogP contribution < -0.4 is 4.74 Å². The summed E-state index contributed by atoms with van der Waals surface area (Å²) >= 11 is 0. The number of hydrogen-bond acceptors (Lipinski definition) is 3. The van der Waals surface area contributed by atoms with E-state index in [0.717, 1.165) is 11.5 Å². The van der Waals surface area contributed by atoms with Crippen molar-refractivity contribution in [2.45, 2.75) is 6.92 Å². The van der Waals surface area contributed by atoms with Gasteiger partial charge in [-0.05, 0) is 25.1 Å². The maximum atomic E-state index is 11.1. The Morgan fingerprint density at radius 2 is 2.24 bits per heavy atom. The molecule has 0 aliphatic carbocycles. The SMILES string of the molecule is COc1ccc(-n2ccnc2C)cc1C(=O)O. The first kappa shape index (κ1) is 11.2. The molecule has 0 radical (unpaired) electrons. The molecule has 0 fully saturated rings. The fourth-order valence-corrected chi connectivity index (χ4v) is 1.66. The third-order valence-electron chi connectivity index (χ3n) is 2.52. The quantitative estimate of drug-likeness (QED) is 0.877. The molecule has 1 aromatic carbocycles. The second kappa shape index (κ2) is 4.29. The number of imidazole rings is 1. The Bertz CT molecular complexity index is 561. The van der Waals surface area contributed by atoms with Crippen LogP contribution in [0.4, 0.5) is 0 Å². The highest BCUT2D eigenvalue weighted by atomic mass is 16.5. The fourth-order valence-electron chi connectivity index (χ4n) is 1.66. The summed E-state index contributed by atoms with van der Waals surface area (Å²) in [6.07, 6.45) is 3.45. The molecule has 0 saturated heterocycles. The highest BCUT2D eigenvalue weighted by Crippen LogP contribution is 2.22. The number of benzene rings is 1. The number of nitrogens with zero attached hydrogens (tertiary/aromatic N) is 2. The number of ether oxygens (including phenoxy) is 1. The van der Waals surface area contributed by atoms with Crippen molar-refractivity contribution in [3.63, 3.8) is 0 Å². The molecule has 1 N–H and O–H groups in total. The number of methoxy groups -OCH3 is 1. The van der Waals surface area contributed by atoms with E-state index in [1.165, 1.54) is 7.11 Å². The molecule has 0 atom stereocenters. The van der Waals surface area contributed by atoms with Crippen molar-refractivity contribution in [1.29, 1.82) is 0 Å². The average Bonchev–Trinajstić information content (AvgIpc) is 2.74. The van der Waals surface area contributed by atoms with Gasteiger partial charge >= 0.3 is 5.97 Å². The lowest BCUT2D eigenvalue weighted by Crippen LogP contribution is -2.03. The highest BCUT2D eigenvalue weighted by Gasteiger charge is 2.12. The number of carbonyl (C=O) groups is 1. The van der Waals surface area contributed by atoms with E-state index < -0.39 is 5.97 Å². The predicted octanol–water partition coefficient (Wildman–Crippen LogP) is 1.89. The Morgan fingerprint density at radius 1 is 1.47 bits per heavy atom. The minimum Gasteiger partial charge on any atom is -0.496 e. The van der Waals surface area contributed by atoms with Crippen molar-refractivity contribution < 1.29 is 14.6 Å². The molecule has 0 aliphatic rings. The first-order chi connectivity index (χ1) is 8.13. The average molecular weight is 232 g/mol. The van der Waals surface area contributed by atoms with Crippen molar-refractivity contribution >= 4 is 5.97 Å². The van der Waals surface area contributed by atoms with E-state index in [1.54, 1.807) is 30.6 Å². The molecule has 88 valence electrons. The van der Waals surface area contributed by atoms with Crippen LogP contribution in [0, 0.1) is 6.92 Å². The van der Waals surface area contributed by atoms with Crippen LogP contribution in [-0.4, -0.2) is 27.7 Å². The summed E-state index contributed by atoms with van der Waals surface area (Å²) in [4.78, 5) is 15.2. The third kappa shape index (κ3) is 1.99. The number of hydrogen-bond donors (Lipinski definition) is 1. The normalized spacial score (nSPS) is 10.2. The topological polar surface area (TPSA) is 64.4 Å². The van der Waals surface area contributed by atoms with Gasteiger partial charge in [-0.15, -0.1) is 0 Å². The fraction of sp³-hybridized carbons (Fsp3) is 0.167. The number of rotatable bonds is 3. The monoisotopic (exact) mass is 232 g/mol. The molecule has 5 nitrogen and oxygen atoms in total. The molecule has 2 aromatic rings. The molecule has 1 aromatic heterocycles. The van der Waals surface area contributed by atoms with Crippen LogP contribution >= 0.6 is 0 Å². The minimum absolute atomic E-state index is 0.137. The summed E-state index contributed by atoms with van der Waals surface area (Å²) in [5, 5.41) is 9.08. The Hall–Kier alpha value is -2.30. The highest BCUT2D eigenvalue weighted by molar-refractivity contribution is 5.91. The second-order valence-electron chi connectivity index (χ2n) is 3.53. The van der Waals surface area contributed by atoms with Crippen LogP contribution in [-0.2, 0) is 0 Å². The molecule has 0 saturated carbocycles. The lowest BCUT2D eigenvalue weighted by atomic mass is 10.1. The van der Waals surface area contributed by atoms with Gasteiger partial charge in [-0.3, -0.25) is 0 Å². The Morgan fingerprint density at radius 3 is 2.76 bits per heavy atom. The van der Waals surface area contributed by atoms with Gasteiger partial charge in [0.25, 0.3) is 0 Å². The molecule has 17 heavy (non-hydrogen) atoms. The summed E-state index contributed by atoms with van der Waals surface area (Å²) in [7, 11) is 1.45. The molecule has 1 heterocycles. The van der Waals surface area contributed by atoms with E-state index in [1.807, 2.05) is 11.5 Å². The number of aryl methyl sites for hydroxylation is 1. The maximum absolute atomic E-state index is 11.1. The van der Waals surface area contributed by atoms with E-state index in [0.29, 0.717) is 5.75 Å². The maximum Gasteiger partial charge on any atom is 0.339 e. The molecule has 0 unspecified atom stereocenters. The van der Waals surface area contributed by atoms with Crippen molar-refractivity contribution in [1.82, 2.24) is 9.55 Å². The van der Waals surface area contributed by atoms with Crippen LogP contribution in [0.5, 0.6) is 5.75 Å². The van der Waals surface area contributed by atoms with Gasteiger partial charge in [0.1, 0.15) is 17.1 Å². The van der Waals surface area contributed by atoms with Crippen molar-refractivity contribution in [2.75, 3.05) is 7.11 Å². The third-order valence-corrected chi connectivity index (χ3v) is 2.52. The van der Waals surface area contributed by atoms with Crippen molar-refractivity contribution in [2.24, 2.45) is 0 Å². The van der Waals surface area contributed by atoms with Gasteiger partial charge < -0.3 is 14.4 Å². The van der Waals surface area contributed by atoms with Crippen molar-refractivity contribution in [3.05, 3.63) is 42.0 Å². The van der Waals surface area contributed by atoms with Gasteiger partial charge in [0, 0.05) is 18.1 Å². The zero-order chi connectivity index (χ0) is 12.4. The zero-order valence-electron chi connectivity index (χ0n) is 9.54. The summed E-state index contributed by atoms with van der Waals surface area (Å²) in [5.74, 6) is 0.131. The first-order valence-electron chi connectivity index (χ1n) is 5.05. The van der Waals surface area contributed by atoms with Crippen LogP contribution in [0.1, 0.15) is 16.2 Å². The summed E-state index contributed by atoms with van der Waals surface area (Å²) < 4.78 is 6.81. The van der Waals surface area contributed by atoms with E-state index in [-0.39, 0.29) is 5.56 Å². The van der Waals surface area contributed by atoms with Crippen LogP contribution in [0.2, 0.25) is 0 Å². The first-order valence-corrected chi connectivity index (χ1v) is 5.05.